The summed E-state index contributed by atoms with van der Waals surface area (Å²) in [5, 5.41) is 19.2. The highest BCUT2D eigenvalue weighted by atomic mass is 32.2. The number of nitriles is 2. The molecule has 16 heteroatoms. The Bertz CT molecular complexity index is 2240. The van der Waals surface area contributed by atoms with Gasteiger partial charge in [0.15, 0.2) is 0 Å². The van der Waals surface area contributed by atoms with Gasteiger partial charge in [0.1, 0.15) is 40.7 Å². The van der Waals surface area contributed by atoms with E-state index >= 15 is 0 Å². The van der Waals surface area contributed by atoms with Crippen molar-refractivity contribution in [2.24, 2.45) is 23.7 Å². The summed E-state index contributed by atoms with van der Waals surface area (Å²) < 4.78 is 33.4. The number of fused-ring (bicyclic) bond motifs is 1. The van der Waals surface area contributed by atoms with Crippen LogP contribution < -0.4 is 18.9 Å². The molecule has 3 aromatic carbocycles. The van der Waals surface area contributed by atoms with Crippen molar-refractivity contribution in [1.29, 1.82) is 10.5 Å². The molecule has 0 saturated heterocycles. The van der Waals surface area contributed by atoms with Crippen LogP contribution in [0.15, 0.2) is 106 Å². The zero-order valence-corrected chi connectivity index (χ0v) is 36.4. The largest absolute Gasteiger partial charge is 0.462 e. The zero-order valence-electron chi connectivity index (χ0n) is 34.7. The Balaban J connectivity index is 1.00. The molecule has 0 bridgehead atoms. The molecule has 0 radical (unpaired) electrons. The second-order valence-electron chi connectivity index (χ2n) is 15.1. The van der Waals surface area contributed by atoms with Crippen molar-refractivity contribution in [2.75, 3.05) is 13.2 Å². The van der Waals surface area contributed by atoms with Gasteiger partial charge in [0, 0.05) is 25.0 Å². The first-order valence-electron chi connectivity index (χ1n) is 20.7. The molecule has 1 heterocycles. The van der Waals surface area contributed by atoms with E-state index in [-0.39, 0.29) is 30.3 Å². The summed E-state index contributed by atoms with van der Waals surface area (Å²) in [6.07, 6.45) is 6.43. The van der Waals surface area contributed by atoms with Crippen molar-refractivity contribution in [3.05, 3.63) is 107 Å². The first-order valence-corrected chi connectivity index (χ1v) is 22.3. The van der Waals surface area contributed by atoms with Crippen LogP contribution in [0.5, 0.6) is 23.0 Å². The third-order valence-corrected chi connectivity index (χ3v) is 13.6. The third-order valence-electron chi connectivity index (χ3n) is 11.0. The van der Waals surface area contributed by atoms with Crippen molar-refractivity contribution in [3.63, 3.8) is 0 Å². The van der Waals surface area contributed by atoms with Crippen LogP contribution in [-0.4, -0.2) is 49.0 Å². The van der Waals surface area contributed by atoms with Crippen molar-refractivity contribution in [3.8, 4) is 35.1 Å². The minimum Gasteiger partial charge on any atom is -0.462 e. The number of carbonyl (C=O) groups is 6. The smallest absolute Gasteiger partial charge is 0.330 e. The number of hydrogen-bond donors (Lipinski definition) is 0. The van der Waals surface area contributed by atoms with Crippen LogP contribution >= 0.6 is 23.5 Å². The molecular formula is C48H44N2O12S2. The number of thioether (sulfide) groups is 2. The molecule has 0 amide bonds. The number of rotatable bonds is 16. The standard InChI is InChI=1S/C48H44N2O12S2/c1-3-40(51)57-25-23-29-5-17-36(18-6-29)59-44(53)31-9-13-33(14-10-31)46(55)61-38-21-22-39(43-42(38)63-48(64-43)35(27-49)28-50)62-47(56)34-15-11-32(12-16-34)45(54)60-37-19-7-30(8-20-37)24-26-58-41(52)4-2/h3-8,17-22,31-34H,1-2,9-16,23-26H2/t31-,32-,33-,34-. The summed E-state index contributed by atoms with van der Waals surface area (Å²) in [4.78, 5) is 76.4. The molecule has 2 saturated carbocycles. The first-order chi connectivity index (χ1) is 31.0. The van der Waals surface area contributed by atoms with Gasteiger partial charge >= 0.3 is 35.8 Å². The lowest BCUT2D eigenvalue weighted by Gasteiger charge is -2.26. The third kappa shape index (κ3) is 12.5. The second-order valence-corrected chi connectivity index (χ2v) is 17.4. The minimum atomic E-state index is -0.497. The Morgan fingerprint density at radius 1 is 0.531 bits per heavy atom. The van der Waals surface area contributed by atoms with Crippen molar-refractivity contribution >= 4 is 59.3 Å². The quantitative estimate of drug-likeness (QED) is 0.0573. The van der Waals surface area contributed by atoms with Gasteiger partial charge in [0.05, 0.1) is 50.9 Å². The van der Waals surface area contributed by atoms with Crippen LogP contribution in [0.25, 0.3) is 0 Å². The average molecular weight is 905 g/mol. The van der Waals surface area contributed by atoms with Crippen molar-refractivity contribution in [1.82, 2.24) is 0 Å². The molecule has 3 aliphatic rings. The predicted octanol–water partition coefficient (Wildman–Crippen LogP) is 8.32. The van der Waals surface area contributed by atoms with Gasteiger partial charge in [0.2, 0.25) is 0 Å². The highest BCUT2D eigenvalue weighted by Gasteiger charge is 2.36. The summed E-state index contributed by atoms with van der Waals surface area (Å²) >= 11 is 2.16. The first kappa shape index (κ1) is 46.9. The highest BCUT2D eigenvalue weighted by Crippen LogP contribution is 2.59. The van der Waals surface area contributed by atoms with E-state index in [0.29, 0.717) is 89.7 Å². The molecule has 0 unspecified atom stereocenters. The summed E-state index contributed by atoms with van der Waals surface area (Å²) in [6.45, 7) is 7.13. The van der Waals surface area contributed by atoms with Gasteiger partial charge in [-0.1, -0.05) is 60.9 Å². The Hall–Kier alpha value is -6.62. The van der Waals surface area contributed by atoms with E-state index in [0.717, 1.165) is 46.8 Å². The summed E-state index contributed by atoms with van der Waals surface area (Å²) in [5.41, 5.74) is 1.66. The number of nitrogens with zero attached hydrogens (tertiary/aromatic N) is 2. The summed E-state index contributed by atoms with van der Waals surface area (Å²) in [5.74, 6) is -3.41. The Labute approximate surface area is 378 Å². The fraction of sp³-hybridized carbons (Fsp3) is 0.333. The lowest BCUT2D eigenvalue weighted by atomic mass is 9.82. The van der Waals surface area contributed by atoms with Crippen LogP contribution in [0, 0.1) is 46.3 Å². The molecule has 0 spiro atoms. The van der Waals surface area contributed by atoms with E-state index in [9.17, 15) is 39.3 Å². The van der Waals surface area contributed by atoms with Gasteiger partial charge < -0.3 is 28.4 Å². The number of hydrogen-bond acceptors (Lipinski definition) is 16. The number of benzene rings is 3. The Kier molecular flexibility index (Phi) is 16.6. The van der Waals surface area contributed by atoms with Gasteiger partial charge in [-0.2, -0.15) is 10.5 Å². The molecule has 64 heavy (non-hydrogen) atoms. The van der Waals surface area contributed by atoms with E-state index in [1.54, 1.807) is 48.5 Å². The second kappa shape index (κ2) is 22.6. The molecule has 2 fully saturated rings. The fourth-order valence-electron chi connectivity index (χ4n) is 7.32. The number of carbonyl (C=O) groups excluding carboxylic acids is 6. The van der Waals surface area contributed by atoms with Gasteiger partial charge in [-0.15, -0.1) is 0 Å². The van der Waals surface area contributed by atoms with Gasteiger partial charge in [-0.25, -0.2) is 9.59 Å². The lowest BCUT2D eigenvalue weighted by Crippen LogP contribution is -2.30. The van der Waals surface area contributed by atoms with Crippen molar-refractivity contribution < 1.29 is 57.2 Å². The van der Waals surface area contributed by atoms with E-state index in [2.05, 4.69) is 13.2 Å². The molecule has 3 aromatic rings. The van der Waals surface area contributed by atoms with Gasteiger partial charge in [-0.3, -0.25) is 19.2 Å². The molecule has 2 aliphatic carbocycles. The van der Waals surface area contributed by atoms with Crippen LogP contribution in [0.3, 0.4) is 0 Å². The molecular weight excluding hydrogens is 861 g/mol. The molecule has 330 valence electrons. The highest BCUT2D eigenvalue weighted by molar-refractivity contribution is 8.24. The normalized spacial score (nSPS) is 18.7. The number of esters is 6. The van der Waals surface area contributed by atoms with E-state index in [1.807, 2.05) is 12.1 Å². The van der Waals surface area contributed by atoms with Crippen LogP contribution in [-0.2, 0) is 51.1 Å². The zero-order chi connectivity index (χ0) is 45.6. The molecule has 0 atom stereocenters. The Morgan fingerprint density at radius 2 is 0.859 bits per heavy atom. The maximum absolute atomic E-state index is 13.5. The topological polar surface area (TPSA) is 205 Å². The predicted molar refractivity (Wildman–Crippen MR) is 232 cm³/mol. The number of ether oxygens (including phenoxy) is 6. The van der Waals surface area contributed by atoms with E-state index in [4.69, 9.17) is 28.4 Å². The Morgan fingerprint density at radius 3 is 1.17 bits per heavy atom. The van der Waals surface area contributed by atoms with Gasteiger partial charge in [0.25, 0.3) is 0 Å². The number of allylic oxidation sites excluding steroid dienone is 1. The van der Waals surface area contributed by atoms with Crippen LogP contribution in [0.4, 0.5) is 0 Å². The van der Waals surface area contributed by atoms with Crippen molar-refractivity contribution in [2.45, 2.75) is 74.0 Å². The molecule has 0 aromatic heterocycles. The minimum absolute atomic E-state index is 0.138. The van der Waals surface area contributed by atoms with Crippen LogP contribution in [0.1, 0.15) is 62.5 Å². The van der Waals surface area contributed by atoms with E-state index < -0.39 is 59.5 Å². The SMILES string of the molecule is C=CC(=O)OCCc1ccc(OC(=O)[C@H]2CC[C@H](C(=O)Oc3ccc(OC(=O)[C@H]4CC[C@H](C(=O)Oc5ccc(CCOC(=O)C=C)cc5)CC4)c4c3SC(=C(C#N)C#N)S4)CC2)cc1. The lowest BCUT2D eigenvalue weighted by molar-refractivity contribution is -0.145. The summed E-state index contributed by atoms with van der Waals surface area (Å²) in [6, 6.07) is 20.7. The van der Waals surface area contributed by atoms with Gasteiger partial charge in [-0.05, 0) is 98.9 Å². The monoisotopic (exact) mass is 904 g/mol. The van der Waals surface area contributed by atoms with E-state index in [1.165, 1.54) is 12.1 Å². The van der Waals surface area contributed by atoms with Crippen LogP contribution in [0.2, 0.25) is 0 Å². The molecule has 0 N–H and O–H groups in total. The fourth-order valence-corrected chi connectivity index (χ4v) is 9.80. The molecule has 14 nitrogen and oxygen atoms in total. The maximum atomic E-state index is 13.5. The molecule has 6 rings (SSSR count). The molecule has 1 aliphatic heterocycles. The maximum Gasteiger partial charge on any atom is 0.330 e. The average Bonchev–Trinajstić information content (AvgIpc) is 3.77. The summed E-state index contributed by atoms with van der Waals surface area (Å²) in [7, 11) is 0.